The van der Waals surface area contributed by atoms with Gasteiger partial charge in [0.05, 0.1) is 25.3 Å². The molecule has 120 valence electrons. The van der Waals surface area contributed by atoms with Crippen molar-refractivity contribution in [3.05, 3.63) is 29.6 Å². The Balaban J connectivity index is 1.90. The molecule has 1 aliphatic heterocycles. The molecule has 0 aliphatic carbocycles. The van der Waals surface area contributed by atoms with Gasteiger partial charge in [0.1, 0.15) is 11.4 Å². The number of amidine groups is 1. The number of amides is 1. The van der Waals surface area contributed by atoms with E-state index in [1.165, 1.54) is 0 Å². The lowest BCUT2D eigenvalue weighted by molar-refractivity contribution is 0.0276. The molecular formula is C16H24N4O2. The average molecular weight is 304 g/mol. The lowest BCUT2D eigenvalue weighted by atomic mass is 10.2. The van der Waals surface area contributed by atoms with E-state index in [2.05, 4.69) is 15.3 Å². The van der Waals surface area contributed by atoms with Crippen LogP contribution in [0, 0.1) is 6.92 Å². The molecule has 0 saturated carbocycles. The van der Waals surface area contributed by atoms with E-state index in [1.807, 2.05) is 39.8 Å². The smallest absolute Gasteiger partial charge is 0.410 e. The summed E-state index contributed by atoms with van der Waals surface area (Å²) < 4.78 is 5.40. The SMILES string of the molecule is Cc1cccnc1CNC1=NCCN(C(=O)OC(C)(C)C)C1. The monoisotopic (exact) mass is 304 g/mol. The molecule has 22 heavy (non-hydrogen) atoms. The van der Waals surface area contributed by atoms with Crippen molar-refractivity contribution in [3.8, 4) is 0 Å². The van der Waals surface area contributed by atoms with Gasteiger partial charge in [-0.1, -0.05) is 6.07 Å². The third-order valence-electron chi connectivity index (χ3n) is 3.24. The molecule has 6 heteroatoms. The molecule has 0 fully saturated rings. The highest BCUT2D eigenvalue weighted by molar-refractivity contribution is 5.87. The highest BCUT2D eigenvalue weighted by Crippen LogP contribution is 2.11. The quantitative estimate of drug-likeness (QED) is 0.909. The predicted molar refractivity (Wildman–Crippen MR) is 85.9 cm³/mol. The highest BCUT2D eigenvalue weighted by atomic mass is 16.6. The first-order valence-corrected chi connectivity index (χ1v) is 7.51. The summed E-state index contributed by atoms with van der Waals surface area (Å²) in [4.78, 5) is 22.5. The summed E-state index contributed by atoms with van der Waals surface area (Å²) in [5, 5.41) is 3.26. The maximum atomic E-state index is 12.1. The molecule has 1 aliphatic rings. The van der Waals surface area contributed by atoms with Gasteiger partial charge in [-0.3, -0.25) is 14.9 Å². The largest absolute Gasteiger partial charge is 0.444 e. The van der Waals surface area contributed by atoms with E-state index in [9.17, 15) is 4.79 Å². The molecule has 1 amide bonds. The molecule has 6 nitrogen and oxygen atoms in total. The second-order valence-electron chi connectivity index (χ2n) is 6.35. The fraction of sp³-hybridized carbons (Fsp3) is 0.562. The number of nitrogens with zero attached hydrogens (tertiary/aromatic N) is 3. The summed E-state index contributed by atoms with van der Waals surface area (Å²) >= 11 is 0. The van der Waals surface area contributed by atoms with Crippen molar-refractivity contribution in [1.82, 2.24) is 15.2 Å². The van der Waals surface area contributed by atoms with Crippen molar-refractivity contribution in [1.29, 1.82) is 0 Å². The van der Waals surface area contributed by atoms with Crippen molar-refractivity contribution in [2.45, 2.75) is 39.8 Å². The Bertz CT molecular complexity index is 564. The number of carbonyl (C=O) groups excluding carboxylic acids is 1. The minimum Gasteiger partial charge on any atom is -0.444 e. The van der Waals surface area contributed by atoms with Crippen molar-refractivity contribution in [2.75, 3.05) is 19.6 Å². The summed E-state index contributed by atoms with van der Waals surface area (Å²) in [6.45, 7) is 9.85. The van der Waals surface area contributed by atoms with Crippen LogP contribution in [0.3, 0.4) is 0 Å². The molecule has 2 rings (SSSR count). The van der Waals surface area contributed by atoms with Gasteiger partial charge >= 0.3 is 6.09 Å². The van der Waals surface area contributed by atoms with Crippen LogP contribution < -0.4 is 5.32 Å². The normalized spacial score (nSPS) is 15.3. The van der Waals surface area contributed by atoms with Crippen molar-refractivity contribution >= 4 is 11.9 Å². The lowest BCUT2D eigenvalue weighted by Gasteiger charge is -2.30. The van der Waals surface area contributed by atoms with Gasteiger partial charge in [0.25, 0.3) is 0 Å². The first-order valence-electron chi connectivity index (χ1n) is 7.51. The summed E-state index contributed by atoms with van der Waals surface area (Å²) in [6.07, 6.45) is 1.48. The summed E-state index contributed by atoms with van der Waals surface area (Å²) in [7, 11) is 0. The minimum absolute atomic E-state index is 0.296. The molecule has 1 N–H and O–H groups in total. The van der Waals surface area contributed by atoms with E-state index in [0.717, 1.165) is 17.1 Å². The molecule has 1 aromatic rings. The fourth-order valence-electron chi connectivity index (χ4n) is 2.10. The number of rotatable bonds is 2. The van der Waals surface area contributed by atoms with Crippen LogP contribution in [-0.4, -0.2) is 47.0 Å². The van der Waals surface area contributed by atoms with Gasteiger partial charge in [0, 0.05) is 12.7 Å². The zero-order chi connectivity index (χ0) is 16.2. The number of aliphatic imine (C=N–C) groups is 1. The third-order valence-corrected chi connectivity index (χ3v) is 3.24. The van der Waals surface area contributed by atoms with Crippen LogP contribution in [0.15, 0.2) is 23.3 Å². The number of hydrogen-bond acceptors (Lipinski definition) is 5. The van der Waals surface area contributed by atoms with Crippen LogP contribution in [0.25, 0.3) is 0 Å². The molecular weight excluding hydrogens is 280 g/mol. The minimum atomic E-state index is -0.482. The van der Waals surface area contributed by atoms with Crippen LogP contribution in [0.5, 0.6) is 0 Å². The molecule has 0 bridgehead atoms. The Morgan fingerprint density at radius 3 is 2.91 bits per heavy atom. The van der Waals surface area contributed by atoms with Gasteiger partial charge < -0.3 is 10.1 Å². The molecule has 2 heterocycles. The number of carbonyl (C=O) groups is 1. The Labute approximate surface area is 131 Å². The fourth-order valence-corrected chi connectivity index (χ4v) is 2.10. The topological polar surface area (TPSA) is 66.8 Å². The van der Waals surface area contributed by atoms with E-state index < -0.39 is 5.60 Å². The van der Waals surface area contributed by atoms with Crippen molar-refractivity contribution in [3.63, 3.8) is 0 Å². The first kappa shape index (κ1) is 16.3. The summed E-state index contributed by atoms with van der Waals surface area (Å²) in [5.41, 5.74) is 1.64. The van der Waals surface area contributed by atoms with Crippen LogP contribution >= 0.6 is 0 Å². The van der Waals surface area contributed by atoms with E-state index in [0.29, 0.717) is 26.2 Å². The number of aromatic nitrogens is 1. The highest BCUT2D eigenvalue weighted by Gasteiger charge is 2.24. The molecule has 0 radical (unpaired) electrons. The maximum absolute atomic E-state index is 12.1. The van der Waals surface area contributed by atoms with E-state index >= 15 is 0 Å². The Kier molecular flexibility index (Phi) is 5.00. The zero-order valence-corrected chi connectivity index (χ0v) is 13.7. The van der Waals surface area contributed by atoms with Gasteiger partial charge in [0.2, 0.25) is 0 Å². The molecule has 0 unspecified atom stereocenters. The van der Waals surface area contributed by atoms with Crippen LogP contribution in [0.2, 0.25) is 0 Å². The van der Waals surface area contributed by atoms with E-state index in [-0.39, 0.29) is 6.09 Å². The first-order chi connectivity index (χ1) is 10.3. The van der Waals surface area contributed by atoms with Crippen LogP contribution in [0.4, 0.5) is 4.79 Å². The summed E-state index contributed by atoms with van der Waals surface area (Å²) in [5.74, 6) is 0.794. The van der Waals surface area contributed by atoms with E-state index in [4.69, 9.17) is 4.74 Å². The van der Waals surface area contributed by atoms with Crippen molar-refractivity contribution < 1.29 is 9.53 Å². The van der Waals surface area contributed by atoms with Gasteiger partial charge in [-0.15, -0.1) is 0 Å². The lowest BCUT2D eigenvalue weighted by Crippen LogP contribution is -2.47. The molecule has 1 aromatic heterocycles. The third kappa shape index (κ3) is 4.72. The predicted octanol–water partition coefficient (Wildman–Crippen LogP) is 2.13. The number of hydrogen-bond donors (Lipinski definition) is 1. The molecule has 0 atom stereocenters. The molecule has 0 aromatic carbocycles. The second kappa shape index (κ2) is 6.77. The maximum Gasteiger partial charge on any atom is 0.410 e. The summed E-state index contributed by atoms with van der Waals surface area (Å²) in [6, 6.07) is 3.95. The number of nitrogens with one attached hydrogen (secondary N) is 1. The molecule has 0 spiro atoms. The van der Waals surface area contributed by atoms with Gasteiger partial charge in [-0.2, -0.15) is 0 Å². The van der Waals surface area contributed by atoms with Gasteiger partial charge in [0.15, 0.2) is 0 Å². The Hall–Kier alpha value is -2.11. The standard InChI is InChI=1S/C16H24N4O2/c1-12-6-5-7-17-13(12)10-19-14-11-20(9-8-18-14)15(21)22-16(2,3)4/h5-7H,8-11H2,1-4H3,(H,18,19). The average Bonchev–Trinajstić information content (AvgIpc) is 2.45. The van der Waals surface area contributed by atoms with E-state index in [1.54, 1.807) is 11.1 Å². The van der Waals surface area contributed by atoms with Crippen LogP contribution in [0.1, 0.15) is 32.0 Å². The number of pyridine rings is 1. The van der Waals surface area contributed by atoms with Crippen LogP contribution in [-0.2, 0) is 11.3 Å². The number of aryl methyl sites for hydroxylation is 1. The van der Waals surface area contributed by atoms with Gasteiger partial charge in [-0.05, 0) is 39.3 Å². The number of ether oxygens (including phenoxy) is 1. The Morgan fingerprint density at radius 2 is 2.23 bits per heavy atom. The van der Waals surface area contributed by atoms with Gasteiger partial charge in [-0.25, -0.2) is 4.79 Å². The molecule has 0 saturated heterocycles. The van der Waals surface area contributed by atoms with Crippen molar-refractivity contribution in [2.24, 2.45) is 4.99 Å². The zero-order valence-electron chi connectivity index (χ0n) is 13.7. The Morgan fingerprint density at radius 1 is 1.45 bits per heavy atom. The second-order valence-corrected chi connectivity index (χ2v) is 6.35.